The van der Waals surface area contributed by atoms with Crippen LogP contribution in [0.15, 0.2) is 69.7 Å². The summed E-state index contributed by atoms with van der Waals surface area (Å²) < 4.78 is 0. The summed E-state index contributed by atoms with van der Waals surface area (Å²) in [5.74, 6) is -3.47. The Morgan fingerprint density at radius 3 is 2.02 bits per heavy atom. The number of fused-ring (bicyclic) bond motifs is 2. The summed E-state index contributed by atoms with van der Waals surface area (Å²) in [6.45, 7) is 15.7. The number of aliphatic hydroxyl groups is 1. The molecule has 2 bridgehead atoms. The largest absolute Gasteiger partial charge is 0.506 e. The summed E-state index contributed by atoms with van der Waals surface area (Å²) in [5, 5.41) is 31.7. The number of hydrogen-bond acceptors (Lipinski definition) is 7. The second-order valence-electron chi connectivity index (χ2n) is 13.6. The standard InChI is InChI=1S/C37H48O6S/c1-22(2)10-9-17-35(8)27(13-11-23(3)4)21-36(18-15-24(5)6)32(41)30(31(40)26-12-14-28(38)29(39)20-26)33(42)37(35,34(36)43)19-16-25(7)44/h10-12,14-16,20,27,38-40,44H,9,13,17-19,21H2,1-8H3/b25-16+,31-30?/t27-,35+,36-,37+/m0/s1. The SMILES string of the molecule is CC(C)=CCC[C@]1(C)[C@@H](CC=C(C)C)C[C@@]2(CC=C(C)C)C(=O)C(=C(O)c3ccc(O)c(O)c3)C(=O)[C@]1(C/C=C(\C)S)C2=O. The van der Waals surface area contributed by atoms with Crippen molar-refractivity contribution in [3.8, 4) is 11.5 Å². The van der Waals surface area contributed by atoms with Crippen LogP contribution in [0.5, 0.6) is 11.5 Å². The van der Waals surface area contributed by atoms with Crippen LogP contribution >= 0.6 is 12.6 Å². The lowest BCUT2D eigenvalue weighted by atomic mass is 9.37. The fourth-order valence-electron chi connectivity index (χ4n) is 7.07. The van der Waals surface area contributed by atoms with Gasteiger partial charge in [-0.3, -0.25) is 14.4 Å². The molecule has 3 N–H and O–H groups in total. The van der Waals surface area contributed by atoms with Crippen LogP contribution in [-0.4, -0.2) is 32.7 Å². The second-order valence-corrected chi connectivity index (χ2v) is 14.3. The summed E-state index contributed by atoms with van der Waals surface area (Å²) in [7, 11) is 0. The van der Waals surface area contributed by atoms with E-state index in [0.717, 1.165) is 22.8 Å². The molecule has 0 aliphatic heterocycles. The molecule has 2 aliphatic rings. The van der Waals surface area contributed by atoms with Crippen molar-refractivity contribution in [1.82, 2.24) is 0 Å². The van der Waals surface area contributed by atoms with E-state index >= 15 is 9.59 Å². The summed E-state index contributed by atoms with van der Waals surface area (Å²) >= 11 is 4.50. The number of ketones is 3. The van der Waals surface area contributed by atoms with Gasteiger partial charge in [0.1, 0.15) is 16.7 Å². The number of carbonyl (C=O) groups excluding carboxylic acids is 3. The van der Waals surface area contributed by atoms with Crippen LogP contribution in [0, 0.1) is 22.2 Å². The molecule has 2 aliphatic carbocycles. The molecule has 0 amide bonds. The van der Waals surface area contributed by atoms with Crippen LogP contribution in [0.2, 0.25) is 0 Å². The van der Waals surface area contributed by atoms with Gasteiger partial charge in [-0.2, -0.15) is 0 Å². The van der Waals surface area contributed by atoms with Gasteiger partial charge in [-0.15, -0.1) is 12.6 Å². The van der Waals surface area contributed by atoms with E-state index < -0.39 is 50.6 Å². The monoisotopic (exact) mass is 620 g/mol. The Balaban J connectivity index is 2.51. The predicted octanol–water partition coefficient (Wildman–Crippen LogP) is 8.77. The first kappa shape index (κ1) is 35.2. The van der Waals surface area contributed by atoms with Crippen LogP contribution in [0.3, 0.4) is 0 Å². The maximum absolute atomic E-state index is 15.2. The maximum Gasteiger partial charge on any atom is 0.184 e. The zero-order valence-corrected chi connectivity index (χ0v) is 28.3. The van der Waals surface area contributed by atoms with Crippen LogP contribution in [0.4, 0.5) is 0 Å². The average Bonchev–Trinajstić information content (AvgIpc) is 2.92. The summed E-state index contributed by atoms with van der Waals surface area (Å²) in [6.07, 6.45) is 10.0. The Bertz CT molecular complexity index is 1490. The lowest BCUT2D eigenvalue weighted by molar-refractivity contribution is -0.178. The number of benzene rings is 1. The third-order valence-electron chi connectivity index (χ3n) is 9.64. The molecule has 3 rings (SSSR count). The van der Waals surface area contributed by atoms with E-state index in [1.165, 1.54) is 12.1 Å². The van der Waals surface area contributed by atoms with Gasteiger partial charge in [-0.05, 0) is 121 Å². The highest BCUT2D eigenvalue weighted by atomic mass is 32.1. The van der Waals surface area contributed by atoms with Crippen molar-refractivity contribution in [2.24, 2.45) is 22.2 Å². The number of aromatic hydroxyl groups is 2. The summed E-state index contributed by atoms with van der Waals surface area (Å²) in [6, 6.07) is 3.64. The minimum atomic E-state index is -1.66. The van der Waals surface area contributed by atoms with Crippen LogP contribution in [-0.2, 0) is 14.4 Å². The third-order valence-corrected chi connectivity index (χ3v) is 9.83. The van der Waals surface area contributed by atoms with Crippen LogP contribution in [0.1, 0.15) is 99.5 Å². The molecule has 238 valence electrons. The molecule has 0 heterocycles. The first-order valence-electron chi connectivity index (χ1n) is 15.3. The molecule has 0 radical (unpaired) electrons. The number of hydrogen-bond donors (Lipinski definition) is 4. The topological polar surface area (TPSA) is 112 Å². The van der Waals surface area contributed by atoms with Gasteiger partial charge >= 0.3 is 0 Å². The van der Waals surface area contributed by atoms with Crippen molar-refractivity contribution >= 4 is 35.7 Å². The molecule has 2 saturated carbocycles. The Labute approximate surface area is 267 Å². The fourth-order valence-corrected chi connectivity index (χ4v) is 7.16. The Morgan fingerprint density at radius 1 is 0.864 bits per heavy atom. The molecule has 0 spiro atoms. The van der Waals surface area contributed by atoms with Crippen molar-refractivity contribution in [3.63, 3.8) is 0 Å². The Kier molecular flexibility index (Phi) is 10.7. The van der Waals surface area contributed by atoms with Gasteiger partial charge < -0.3 is 15.3 Å². The zero-order valence-electron chi connectivity index (χ0n) is 27.4. The van der Waals surface area contributed by atoms with E-state index in [1.54, 1.807) is 13.0 Å². The van der Waals surface area contributed by atoms with Gasteiger partial charge in [0.25, 0.3) is 0 Å². The molecule has 0 saturated heterocycles. The van der Waals surface area contributed by atoms with Gasteiger partial charge in [0, 0.05) is 5.56 Å². The van der Waals surface area contributed by atoms with Crippen molar-refractivity contribution in [2.75, 3.05) is 0 Å². The summed E-state index contributed by atoms with van der Waals surface area (Å²) in [4.78, 5) is 45.5. The normalized spacial score (nSPS) is 28.0. The smallest absolute Gasteiger partial charge is 0.184 e. The van der Waals surface area contributed by atoms with Gasteiger partial charge in [0.05, 0.1) is 5.41 Å². The first-order valence-corrected chi connectivity index (χ1v) is 15.7. The minimum absolute atomic E-state index is 0.00481. The van der Waals surface area contributed by atoms with Crippen molar-refractivity contribution < 1.29 is 29.7 Å². The van der Waals surface area contributed by atoms with E-state index in [4.69, 9.17) is 0 Å². The highest BCUT2D eigenvalue weighted by molar-refractivity contribution is 7.84. The number of allylic oxidation sites excluding steroid dienone is 9. The molecule has 6 nitrogen and oxygen atoms in total. The summed E-state index contributed by atoms with van der Waals surface area (Å²) in [5.41, 5.74) is -1.34. The van der Waals surface area contributed by atoms with Crippen molar-refractivity contribution in [1.29, 1.82) is 0 Å². The van der Waals surface area contributed by atoms with E-state index in [1.807, 2.05) is 54.5 Å². The molecule has 44 heavy (non-hydrogen) atoms. The highest BCUT2D eigenvalue weighted by Crippen LogP contribution is 2.67. The molecule has 2 fully saturated rings. The second kappa shape index (κ2) is 13.4. The molecule has 1 aromatic carbocycles. The number of carbonyl (C=O) groups is 3. The van der Waals surface area contributed by atoms with Gasteiger partial charge in [0.2, 0.25) is 0 Å². The lowest BCUT2D eigenvalue weighted by Gasteiger charge is -2.61. The molecule has 4 atom stereocenters. The molecule has 0 aromatic heterocycles. The highest BCUT2D eigenvalue weighted by Gasteiger charge is 2.74. The average molecular weight is 621 g/mol. The fraction of sp³-hybridized carbons (Fsp3) is 0.486. The third kappa shape index (κ3) is 6.26. The number of thiol groups is 1. The quantitative estimate of drug-likeness (QED) is 0.0396. The number of phenolic OH excluding ortho intramolecular Hbond substituents is 2. The number of phenols is 2. The van der Waals surface area contributed by atoms with E-state index in [0.29, 0.717) is 24.2 Å². The van der Waals surface area contributed by atoms with E-state index in [2.05, 4.69) is 24.8 Å². The van der Waals surface area contributed by atoms with Gasteiger partial charge in [-0.25, -0.2) is 0 Å². The Hall–Kier alpha value is -3.32. The minimum Gasteiger partial charge on any atom is -0.506 e. The van der Waals surface area contributed by atoms with Crippen LogP contribution in [0.25, 0.3) is 5.76 Å². The van der Waals surface area contributed by atoms with Crippen molar-refractivity contribution in [2.45, 2.75) is 93.9 Å². The lowest BCUT2D eigenvalue weighted by Crippen LogP contribution is -2.70. The van der Waals surface area contributed by atoms with Gasteiger partial charge in [-0.1, -0.05) is 47.9 Å². The zero-order chi connectivity index (χ0) is 33.2. The maximum atomic E-state index is 15.2. The van der Waals surface area contributed by atoms with Crippen LogP contribution < -0.4 is 0 Å². The number of Topliss-reactive ketones (excluding diaryl/α,β-unsaturated/α-hetero) is 3. The molecular weight excluding hydrogens is 572 g/mol. The molecule has 1 aromatic rings. The number of aliphatic hydroxyl groups excluding tert-OH is 1. The predicted molar refractivity (Wildman–Crippen MR) is 180 cm³/mol. The molecule has 0 unspecified atom stereocenters. The molecular formula is C37H48O6S. The van der Waals surface area contributed by atoms with Crippen molar-refractivity contribution in [3.05, 3.63) is 75.3 Å². The van der Waals surface area contributed by atoms with E-state index in [-0.39, 0.29) is 36.5 Å². The Morgan fingerprint density at radius 2 is 1.48 bits per heavy atom. The van der Waals surface area contributed by atoms with E-state index in [9.17, 15) is 20.1 Å². The first-order chi connectivity index (χ1) is 20.4. The number of rotatable bonds is 10. The van der Waals surface area contributed by atoms with Gasteiger partial charge in [0.15, 0.2) is 28.8 Å². The molecule has 7 heteroatoms.